The van der Waals surface area contributed by atoms with E-state index < -0.39 is 0 Å². The summed E-state index contributed by atoms with van der Waals surface area (Å²) in [6.07, 6.45) is 4.13. The lowest BCUT2D eigenvalue weighted by Crippen LogP contribution is -2.39. The third-order valence-corrected chi connectivity index (χ3v) is 3.41. The highest BCUT2D eigenvalue weighted by Gasteiger charge is 2.20. The largest absolute Gasteiger partial charge is 0.340 e. The Morgan fingerprint density at radius 1 is 1.62 bits per heavy atom. The summed E-state index contributed by atoms with van der Waals surface area (Å²) in [7, 11) is 0. The molecule has 0 bridgehead atoms. The lowest BCUT2D eigenvalue weighted by Gasteiger charge is -2.32. The molecule has 2 heterocycles. The van der Waals surface area contributed by atoms with E-state index in [4.69, 9.17) is 17.3 Å². The van der Waals surface area contributed by atoms with Gasteiger partial charge in [-0.05, 0) is 32.2 Å². The molecule has 1 aliphatic heterocycles. The van der Waals surface area contributed by atoms with Crippen molar-refractivity contribution >= 4 is 17.5 Å². The van der Waals surface area contributed by atoms with Crippen molar-refractivity contribution in [1.29, 1.82) is 0 Å². The lowest BCUT2D eigenvalue weighted by atomic mass is 9.99. The topological polar surface area (TPSA) is 55.0 Å². The zero-order valence-corrected chi connectivity index (χ0v) is 10.2. The van der Waals surface area contributed by atoms with Gasteiger partial charge in [-0.3, -0.25) is 0 Å². The molecule has 2 N–H and O–H groups in total. The van der Waals surface area contributed by atoms with Gasteiger partial charge in [0.15, 0.2) is 0 Å². The molecular formula is C11H17ClN4. The second-order valence-electron chi connectivity index (χ2n) is 4.33. The second kappa shape index (κ2) is 4.97. The Labute approximate surface area is 101 Å². The maximum Gasteiger partial charge on any atom is 0.226 e. The number of hydrogen-bond acceptors (Lipinski definition) is 4. The van der Waals surface area contributed by atoms with Crippen molar-refractivity contribution in [3.63, 3.8) is 0 Å². The molecule has 88 valence electrons. The molecule has 1 aromatic rings. The van der Waals surface area contributed by atoms with Gasteiger partial charge in [-0.1, -0.05) is 11.6 Å². The van der Waals surface area contributed by atoms with Crippen molar-refractivity contribution < 1.29 is 0 Å². The molecule has 1 fully saturated rings. The minimum absolute atomic E-state index is 0.542. The van der Waals surface area contributed by atoms with Gasteiger partial charge in [0.1, 0.15) is 5.15 Å². The normalized spacial score (nSPS) is 21.2. The molecule has 4 nitrogen and oxygen atoms in total. The van der Waals surface area contributed by atoms with Crippen molar-refractivity contribution in [3.8, 4) is 0 Å². The maximum absolute atomic E-state index is 6.00. The van der Waals surface area contributed by atoms with Crippen LogP contribution in [0.15, 0.2) is 6.20 Å². The van der Waals surface area contributed by atoms with Gasteiger partial charge < -0.3 is 10.6 Å². The van der Waals surface area contributed by atoms with Gasteiger partial charge in [0.2, 0.25) is 5.95 Å². The number of hydrogen-bond donors (Lipinski definition) is 1. The summed E-state index contributed by atoms with van der Waals surface area (Å²) in [6, 6.07) is 0. The lowest BCUT2D eigenvalue weighted by molar-refractivity contribution is 0.419. The first-order chi connectivity index (χ1) is 7.70. The number of piperidine rings is 1. The Balaban J connectivity index is 2.13. The van der Waals surface area contributed by atoms with Gasteiger partial charge in [-0.25, -0.2) is 9.97 Å². The van der Waals surface area contributed by atoms with Crippen molar-refractivity contribution in [2.75, 3.05) is 24.5 Å². The summed E-state index contributed by atoms with van der Waals surface area (Å²) in [5.41, 5.74) is 6.62. The zero-order valence-electron chi connectivity index (χ0n) is 9.49. The molecule has 0 aromatic carbocycles. The monoisotopic (exact) mass is 240 g/mol. The molecule has 1 saturated heterocycles. The van der Waals surface area contributed by atoms with Crippen molar-refractivity contribution in [1.82, 2.24) is 9.97 Å². The number of anilines is 1. The van der Waals surface area contributed by atoms with E-state index in [9.17, 15) is 0 Å². The van der Waals surface area contributed by atoms with Crippen LogP contribution in [-0.4, -0.2) is 29.6 Å². The number of halogens is 1. The molecule has 0 aliphatic carbocycles. The molecule has 1 aromatic heterocycles. The van der Waals surface area contributed by atoms with E-state index in [0.717, 1.165) is 37.6 Å². The quantitative estimate of drug-likeness (QED) is 0.799. The van der Waals surface area contributed by atoms with Crippen LogP contribution < -0.4 is 10.6 Å². The average molecular weight is 241 g/mol. The highest BCUT2D eigenvalue weighted by molar-refractivity contribution is 6.30. The smallest absolute Gasteiger partial charge is 0.226 e. The number of aromatic nitrogens is 2. The molecule has 1 atom stereocenters. The fourth-order valence-electron chi connectivity index (χ4n) is 2.00. The highest BCUT2D eigenvalue weighted by Crippen LogP contribution is 2.21. The van der Waals surface area contributed by atoms with Crippen LogP contribution in [0.25, 0.3) is 0 Å². The highest BCUT2D eigenvalue weighted by atomic mass is 35.5. The van der Waals surface area contributed by atoms with E-state index in [2.05, 4.69) is 14.9 Å². The minimum atomic E-state index is 0.542. The van der Waals surface area contributed by atoms with Gasteiger partial charge in [0.05, 0.1) is 0 Å². The predicted octanol–water partition coefficient (Wildman–Crippen LogP) is 1.61. The van der Waals surface area contributed by atoms with E-state index in [1.165, 1.54) is 6.42 Å². The van der Waals surface area contributed by atoms with Crippen LogP contribution in [0.4, 0.5) is 5.95 Å². The third-order valence-electron chi connectivity index (χ3n) is 3.03. The van der Waals surface area contributed by atoms with E-state index in [1.807, 2.05) is 6.92 Å². The van der Waals surface area contributed by atoms with Gasteiger partial charge in [0.25, 0.3) is 0 Å². The first-order valence-electron chi connectivity index (χ1n) is 5.65. The van der Waals surface area contributed by atoms with Gasteiger partial charge in [0, 0.05) is 24.8 Å². The Bertz CT molecular complexity index is 369. The van der Waals surface area contributed by atoms with E-state index in [1.54, 1.807) is 6.20 Å². The first kappa shape index (κ1) is 11.6. The van der Waals surface area contributed by atoms with Crippen molar-refractivity contribution in [3.05, 3.63) is 16.9 Å². The van der Waals surface area contributed by atoms with Crippen LogP contribution in [0.1, 0.15) is 18.4 Å². The number of rotatable bonds is 2. The summed E-state index contributed by atoms with van der Waals surface area (Å²) in [6.45, 7) is 4.58. The summed E-state index contributed by atoms with van der Waals surface area (Å²) < 4.78 is 0. The van der Waals surface area contributed by atoms with Crippen molar-refractivity contribution in [2.24, 2.45) is 11.7 Å². The van der Waals surface area contributed by atoms with Crippen molar-refractivity contribution in [2.45, 2.75) is 19.8 Å². The average Bonchev–Trinajstić information content (AvgIpc) is 2.33. The van der Waals surface area contributed by atoms with Crippen LogP contribution in [0.5, 0.6) is 0 Å². The molecule has 1 aliphatic rings. The fourth-order valence-corrected chi connectivity index (χ4v) is 2.13. The van der Waals surface area contributed by atoms with Gasteiger partial charge in [-0.15, -0.1) is 0 Å². The molecule has 0 spiro atoms. The van der Waals surface area contributed by atoms with E-state index in [0.29, 0.717) is 11.1 Å². The summed E-state index contributed by atoms with van der Waals surface area (Å²) >= 11 is 6.00. The molecule has 0 amide bonds. The summed E-state index contributed by atoms with van der Waals surface area (Å²) in [5, 5.41) is 0.542. The summed E-state index contributed by atoms with van der Waals surface area (Å²) in [5.74, 6) is 1.28. The molecule has 0 saturated carbocycles. The molecule has 16 heavy (non-hydrogen) atoms. The third kappa shape index (κ3) is 2.44. The van der Waals surface area contributed by atoms with E-state index >= 15 is 0 Å². The summed E-state index contributed by atoms with van der Waals surface area (Å²) in [4.78, 5) is 10.8. The number of nitrogens with two attached hydrogens (primary N) is 1. The fraction of sp³-hybridized carbons (Fsp3) is 0.636. The van der Waals surface area contributed by atoms with E-state index in [-0.39, 0.29) is 0 Å². The number of nitrogens with zero attached hydrogens (tertiary/aromatic N) is 3. The SMILES string of the molecule is Cc1cnc(N2CCC[C@@H](CN)C2)nc1Cl. The van der Waals surface area contributed by atoms with Crippen LogP contribution in [0, 0.1) is 12.8 Å². The first-order valence-corrected chi connectivity index (χ1v) is 6.02. The molecule has 0 radical (unpaired) electrons. The Morgan fingerprint density at radius 3 is 3.12 bits per heavy atom. The molecule has 5 heteroatoms. The Morgan fingerprint density at radius 2 is 2.44 bits per heavy atom. The standard InChI is InChI=1S/C11H17ClN4/c1-8-6-14-11(15-10(8)12)16-4-2-3-9(5-13)7-16/h6,9H,2-5,7,13H2,1H3/t9-/m0/s1. The molecule has 0 unspecified atom stereocenters. The van der Waals surface area contributed by atoms with Crippen LogP contribution >= 0.6 is 11.6 Å². The van der Waals surface area contributed by atoms with Gasteiger partial charge in [-0.2, -0.15) is 0 Å². The Kier molecular flexibility index (Phi) is 3.61. The zero-order chi connectivity index (χ0) is 11.5. The molecule has 2 rings (SSSR count). The predicted molar refractivity (Wildman–Crippen MR) is 65.8 cm³/mol. The Hall–Kier alpha value is -0.870. The number of aryl methyl sites for hydroxylation is 1. The minimum Gasteiger partial charge on any atom is -0.340 e. The van der Waals surface area contributed by atoms with Gasteiger partial charge >= 0.3 is 0 Å². The maximum atomic E-state index is 6.00. The molecular weight excluding hydrogens is 224 g/mol. The van der Waals surface area contributed by atoms with Crippen LogP contribution in [-0.2, 0) is 0 Å². The van der Waals surface area contributed by atoms with Crippen LogP contribution in [0.2, 0.25) is 5.15 Å². The van der Waals surface area contributed by atoms with Crippen LogP contribution in [0.3, 0.4) is 0 Å². The second-order valence-corrected chi connectivity index (χ2v) is 4.69.